The van der Waals surface area contributed by atoms with Crippen molar-refractivity contribution in [1.29, 1.82) is 0 Å². The van der Waals surface area contributed by atoms with Crippen LogP contribution in [-0.2, 0) is 14.3 Å². The highest BCUT2D eigenvalue weighted by Gasteiger charge is 2.40. The van der Waals surface area contributed by atoms with Gasteiger partial charge in [-0.1, -0.05) is 20.8 Å². The van der Waals surface area contributed by atoms with Gasteiger partial charge < -0.3 is 4.74 Å². The quantitative estimate of drug-likeness (QED) is 0.545. The maximum absolute atomic E-state index is 12.2. The molecule has 0 aromatic carbocycles. The third kappa shape index (κ3) is 3.98. The van der Waals surface area contributed by atoms with E-state index >= 15 is 0 Å². The standard InChI is InChI=1S/C14H22O3/c1-8-9-10(11(15)13(2,3)4)12(16)14(5,6)17-7/h1,10H,9H2,2-7H3. The van der Waals surface area contributed by atoms with Gasteiger partial charge in [0.15, 0.2) is 5.78 Å². The Morgan fingerprint density at radius 1 is 1.18 bits per heavy atom. The zero-order chi connectivity index (χ0) is 13.9. The van der Waals surface area contributed by atoms with Gasteiger partial charge in [-0.15, -0.1) is 12.3 Å². The van der Waals surface area contributed by atoms with Crippen LogP contribution in [0.1, 0.15) is 41.0 Å². The lowest BCUT2D eigenvalue weighted by Crippen LogP contribution is -2.44. The lowest BCUT2D eigenvalue weighted by molar-refractivity contribution is -0.148. The number of ether oxygens (including phenoxy) is 1. The van der Waals surface area contributed by atoms with Crippen LogP contribution in [-0.4, -0.2) is 24.3 Å². The molecular formula is C14H22O3. The summed E-state index contributed by atoms with van der Waals surface area (Å²) in [6.07, 6.45) is 5.36. The van der Waals surface area contributed by atoms with Crippen LogP contribution in [0.15, 0.2) is 0 Å². The van der Waals surface area contributed by atoms with E-state index in [1.165, 1.54) is 7.11 Å². The molecule has 0 radical (unpaired) electrons. The Morgan fingerprint density at radius 3 is 1.94 bits per heavy atom. The molecule has 0 N–H and O–H groups in total. The average Bonchev–Trinajstić information content (AvgIpc) is 2.22. The minimum atomic E-state index is -0.984. The van der Waals surface area contributed by atoms with E-state index in [9.17, 15) is 9.59 Å². The van der Waals surface area contributed by atoms with Gasteiger partial charge in [0.25, 0.3) is 0 Å². The molecule has 0 heterocycles. The Morgan fingerprint density at radius 2 is 1.65 bits per heavy atom. The van der Waals surface area contributed by atoms with Crippen molar-refractivity contribution >= 4 is 11.6 Å². The Kier molecular flexibility index (Phi) is 5.10. The van der Waals surface area contributed by atoms with Crippen molar-refractivity contribution in [3.05, 3.63) is 0 Å². The van der Waals surface area contributed by atoms with Crippen molar-refractivity contribution in [2.75, 3.05) is 7.11 Å². The van der Waals surface area contributed by atoms with E-state index in [1.54, 1.807) is 34.6 Å². The molecule has 0 saturated heterocycles. The highest BCUT2D eigenvalue weighted by molar-refractivity contribution is 6.07. The summed E-state index contributed by atoms with van der Waals surface area (Å²) < 4.78 is 5.12. The molecule has 0 bridgehead atoms. The topological polar surface area (TPSA) is 43.4 Å². The van der Waals surface area contributed by atoms with E-state index < -0.39 is 16.9 Å². The maximum Gasteiger partial charge on any atom is 0.175 e. The van der Waals surface area contributed by atoms with Gasteiger partial charge in [-0.25, -0.2) is 0 Å². The van der Waals surface area contributed by atoms with Gasteiger partial charge in [0.05, 0.1) is 5.92 Å². The summed E-state index contributed by atoms with van der Waals surface area (Å²) >= 11 is 0. The summed E-state index contributed by atoms with van der Waals surface area (Å²) in [5.74, 6) is 1.23. The fraction of sp³-hybridized carbons (Fsp3) is 0.714. The number of Topliss-reactive ketones (excluding diaryl/α,β-unsaturated/α-hetero) is 2. The number of ketones is 2. The van der Waals surface area contributed by atoms with Gasteiger partial charge in [-0.3, -0.25) is 9.59 Å². The number of terminal acetylenes is 1. The number of carbonyl (C=O) groups is 2. The molecule has 17 heavy (non-hydrogen) atoms. The largest absolute Gasteiger partial charge is 0.371 e. The molecule has 0 aromatic heterocycles. The van der Waals surface area contributed by atoms with Gasteiger partial charge in [0, 0.05) is 18.9 Å². The van der Waals surface area contributed by atoms with Gasteiger partial charge >= 0.3 is 0 Å². The molecule has 0 saturated carbocycles. The summed E-state index contributed by atoms with van der Waals surface area (Å²) in [5.41, 5.74) is -1.57. The molecule has 0 aromatic rings. The highest BCUT2D eigenvalue weighted by atomic mass is 16.5. The number of rotatable bonds is 5. The molecule has 3 heteroatoms. The number of methoxy groups -OCH3 is 1. The molecule has 0 fully saturated rings. The molecule has 0 amide bonds. The third-order valence-corrected chi connectivity index (χ3v) is 2.80. The van der Waals surface area contributed by atoms with Crippen molar-refractivity contribution in [2.45, 2.75) is 46.6 Å². The predicted octanol–water partition coefficient (Wildman–Crippen LogP) is 2.24. The Labute approximate surface area is 104 Å². The minimum absolute atomic E-state index is 0.127. The fourth-order valence-electron chi connectivity index (χ4n) is 1.47. The summed E-state index contributed by atoms with van der Waals surface area (Å²) in [7, 11) is 1.45. The first-order valence-electron chi connectivity index (χ1n) is 5.65. The first-order valence-corrected chi connectivity index (χ1v) is 5.65. The molecule has 1 atom stereocenters. The molecule has 3 nitrogen and oxygen atoms in total. The number of carbonyl (C=O) groups excluding carboxylic acids is 2. The first-order chi connectivity index (χ1) is 7.57. The number of hydrogen-bond acceptors (Lipinski definition) is 3. The van der Waals surface area contributed by atoms with Crippen molar-refractivity contribution in [2.24, 2.45) is 11.3 Å². The lowest BCUT2D eigenvalue weighted by atomic mass is 9.76. The predicted molar refractivity (Wildman–Crippen MR) is 67.5 cm³/mol. The van der Waals surface area contributed by atoms with Gasteiger partial charge in [-0.2, -0.15) is 0 Å². The smallest absolute Gasteiger partial charge is 0.175 e. The van der Waals surface area contributed by atoms with E-state index in [-0.39, 0.29) is 18.0 Å². The second-order valence-corrected chi connectivity index (χ2v) is 5.65. The summed E-state index contributed by atoms with van der Waals surface area (Å²) in [5, 5.41) is 0. The summed E-state index contributed by atoms with van der Waals surface area (Å²) in [4.78, 5) is 24.4. The molecule has 96 valence electrons. The van der Waals surface area contributed by atoms with Crippen LogP contribution in [0.25, 0.3) is 0 Å². The Bertz CT molecular complexity index is 339. The van der Waals surface area contributed by atoms with Gasteiger partial charge in [-0.05, 0) is 13.8 Å². The number of hydrogen-bond donors (Lipinski definition) is 0. The van der Waals surface area contributed by atoms with E-state index in [0.717, 1.165) is 0 Å². The van der Waals surface area contributed by atoms with E-state index in [0.29, 0.717) is 0 Å². The zero-order valence-corrected chi connectivity index (χ0v) is 11.6. The molecule has 0 aliphatic rings. The summed E-state index contributed by atoms with van der Waals surface area (Å²) in [6.45, 7) is 8.65. The molecule has 0 rings (SSSR count). The third-order valence-electron chi connectivity index (χ3n) is 2.80. The lowest BCUT2D eigenvalue weighted by Gasteiger charge is -2.29. The summed E-state index contributed by atoms with van der Waals surface area (Å²) in [6, 6.07) is 0. The molecule has 0 aliphatic heterocycles. The first kappa shape index (κ1) is 15.9. The second kappa shape index (κ2) is 5.46. The van der Waals surface area contributed by atoms with Crippen molar-refractivity contribution in [3.63, 3.8) is 0 Å². The van der Waals surface area contributed by atoms with Crippen molar-refractivity contribution < 1.29 is 14.3 Å². The monoisotopic (exact) mass is 238 g/mol. The minimum Gasteiger partial charge on any atom is -0.371 e. The van der Waals surface area contributed by atoms with Crippen LogP contribution in [0.2, 0.25) is 0 Å². The normalized spacial score (nSPS) is 13.9. The fourth-order valence-corrected chi connectivity index (χ4v) is 1.47. The Hall–Kier alpha value is -1.14. The van der Waals surface area contributed by atoms with E-state index in [4.69, 9.17) is 11.2 Å². The van der Waals surface area contributed by atoms with Crippen LogP contribution in [0, 0.1) is 23.7 Å². The zero-order valence-electron chi connectivity index (χ0n) is 11.6. The van der Waals surface area contributed by atoms with Crippen LogP contribution >= 0.6 is 0 Å². The van der Waals surface area contributed by atoms with Crippen LogP contribution in [0.4, 0.5) is 0 Å². The molecular weight excluding hydrogens is 216 g/mol. The molecule has 0 spiro atoms. The van der Waals surface area contributed by atoms with Gasteiger partial charge in [0.1, 0.15) is 11.4 Å². The average molecular weight is 238 g/mol. The molecule has 0 aliphatic carbocycles. The van der Waals surface area contributed by atoms with E-state index in [1.807, 2.05) is 0 Å². The van der Waals surface area contributed by atoms with Gasteiger partial charge in [0.2, 0.25) is 0 Å². The second-order valence-electron chi connectivity index (χ2n) is 5.65. The Balaban J connectivity index is 5.21. The van der Waals surface area contributed by atoms with Crippen molar-refractivity contribution in [3.8, 4) is 12.3 Å². The SMILES string of the molecule is C#CCC(C(=O)C(C)(C)C)C(=O)C(C)(C)OC. The molecule has 1 unspecified atom stereocenters. The maximum atomic E-state index is 12.2. The van der Waals surface area contributed by atoms with E-state index in [2.05, 4.69) is 5.92 Å². The van der Waals surface area contributed by atoms with Crippen molar-refractivity contribution in [1.82, 2.24) is 0 Å². The highest BCUT2D eigenvalue weighted by Crippen LogP contribution is 2.27. The van der Waals surface area contributed by atoms with Crippen LogP contribution in [0.3, 0.4) is 0 Å². The van der Waals surface area contributed by atoms with Crippen LogP contribution in [0.5, 0.6) is 0 Å². The van der Waals surface area contributed by atoms with Crippen LogP contribution < -0.4 is 0 Å².